The van der Waals surface area contributed by atoms with E-state index < -0.39 is 6.09 Å². The number of hydrogen-bond donors (Lipinski definition) is 2. The number of unbranched alkanes of at least 4 members (excludes halogenated alkanes) is 10. The second-order valence-corrected chi connectivity index (χ2v) is 6.66. The van der Waals surface area contributed by atoms with Gasteiger partial charge in [0.1, 0.15) is 6.29 Å². The van der Waals surface area contributed by atoms with Gasteiger partial charge in [-0.15, -0.1) is 0 Å². The van der Waals surface area contributed by atoms with Crippen LogP contribution in [0.25, 0.3) is 0 Å². The maximum absolute atomic E-state index is 11.0. The highest BCUT2D eigenvalue weighted by Gasteiger charge is 2.16. The third-order valence-electron chi connectivity index (χ3n) is 4.57. The summed E-state index contributed by atoms with van der Waals surface area (Å²) in [5.41, 5.74) is 0. The summed E-state index contributed by atoms with van der Waals surface area (Å²) in [5, 5.41) is 12.2. The van der Waals surface area contributed by atoms with Gasteiger partial charge in [0.05, 0.1) is 6.54 Å². The number of likely N-dealkylation sites (N-methyl/N-ethyl adjacent to an activating group) is 1. The van der Waals surface area contributed by atoms with Crippen molar-refractivity contribution >= 4 is 12.4 Å². The lowest BCUT2D eigenvalue weighted by Crippen LogP contribution is -2.42. The number of nitrogens with one attached hydrogen (secondary N) is 1. The van der Waals surface area contributed by atoms with E-state index in [0.717, 1.165) is 12.8 Å². The van der Waals surface area contributed by atoms with Gasteiger partial charge in [-0.1, -0.05) is 77.6 Å². The minimum atomic E-state index is -1.03. The highest BCUT2D eigenvalue weighted by atomic mass is 16.4. The zero-order chi connectivity index (χ0) is 18.0. The van der Waals surface area contributed by atoms with Crippen LogP contribution in [0.15, 0.2) is 0 Å². The Labute approximate surface area is 148 Å². The highest BCUT2D eigenvalue weighted by molar-refractivity contribution is 5.69. The van der Waals surface area contributed by atoms with Crippen LogP contribution in [0.3, 0.4) is 0 Å². The molecule has 1 unspecified atom stereocenters. The SMILES string of the molecule is CCCCCCCCCCCCCC(CN(CC=O)C(=O)O)NC. The lowest BCUT2D eigenvalue weighted by molar-refractivity contribution is -0.108. The van der Waals surface area contributed by atoms with Crippen molar-refractivity contribution in [2.45, 2.75) is 90.0 Å². The second-order valence-electron chi connectivity index (χ2n) is 6.66. The van der Waals surface area contributed by atoms with Crippen LogP contribution in [0.4, 0.5) is 4.79 Å². The number of amides is 1. The second kappa shape index (κ2) is 16.7. The molecule has 0 spiro atoms. The molecule has 0 aliphatic heterocycles. The fourth-order valence-corrected chi connectivity index (χ4v) is 2.97. The first-order valence-electron chi connectivity index (χ1n) is 9.74. The fraction of sp³-hybridized carbons (Fsp3) is 0.895. The number of hydrogen-bond acceptors (Lipinski definition) is 3. The van der Waals surface area contributed by atoms with E-state index in [0.29, 0.717) is 12.8 Å². The Balaban J connectivity index is 3.59. The molecule has 0 aromatic rings. The number of carboxylic acid groups (broad SMARTS) is 1. The molecule has 0 saturated carbocycles. The molecule has 24 heavy (non-hydrogen) atoms. The van der Waals surface area contributed by atoms with Gasteiger partial charge in [0.15, 0.2) is 0 Å². The molecule has 0 heterocycles. The van der Waals surface area contributed by atoms with Crippen molar-refractivity contribution in [1.82, 2.24) is 10.2 Å². The van der Waals surface area contributed by atoms with Crippen LogP contribution in [-0.2, 0) is 4.79 Å². The molecule has 0 fully saturated rings. The van der Waals surface area contributed by atoms with Gasteiger partial charge in [-0.3, -0.25) is 4.90 Å². The Morgan fingerprint density at radius 1 is 1.00 bits per heavy atom. The maximum atomic E-state index is 11.0. The Morgan fingerprint density at radius 2 is 1.50 bits per heavy atom. The quantitative estimate of drug-likeness (QED) is 0.302. The molecular weight excluding hydrogens is 304 g/mol. The summed E-state index contributed by atoms with van der Waals surface area (Å²) < 4.78 is 0. The Bertz CT molecular complexity index is 311. The first-order chi connectivity index (χ1) is 11.7. The van der Waals surface area contributed by atoms with E-state index in [4.69, 9.17) is 5.11 Å². The number of carbonyl (C=O) groups excluding carboxylic acids is 1. The van der Waals surface area contributed by atoms with Gasteiger partial charge in [0, 0.05) is 12.6 Å². The van der Waals surface area contributed by atoms with Crippen molar-refractivity contribution in [3.8, 4) is 0 Å². The van der Waals surface area contributed by atoms with E-state index in [-0.39, 0.29) is 12.6 Å². The molecular formula is C19H38N2O3. The normalized spacial score (nSPS) is 12.1. The Hall–Kier alpha value is -1.10. The molecule has 0 radical (unpaired) electrons. The maximum Gasteiger partial charge on any atom is 0.407 e. The predicted octanol–water partition coefficient (Wildman–Crippen LogP) is 4.45. The monoisotopic (exact) mass is 342 g/mol. The largest absolute Gasteiger partial charge is 0.465 e. The average molecular weight is 343 g/mol. The molecule has 5 heteroatoms. The van der Waals surface area contributed by atoms with Crippen LogP contribution in [0.1, 0.15) is 84.0 Å². The molecule has 0 aliphatic carbocycles. The van der Waals surface area contributed by atoms with Crippen LogP contribution >= 0.6 is 0 Å². The topological polar surface area (TPSA) is 69.6 Å². The summed E-state index contributed by atoms with van der Waals surface area (Å²) in [6.45, 7) is 2.58. The fourth-order valence-electron chi connectivity index (χ4n) is 2.97. The smallest absolute Gasteiger partial charge is 0.407 e. The molecule has 0 aliphatic rings. The van der Waals surface area contributed by atoms with Gasteiger partial charge in [-0.05, 0) is 13.5 Å². The lowest BCUT2D eigenvalue weighted by atomic mass is 10.0. The summed E-state index contributed by atoms with van der Waals surface area (Å²) in [7, 11) is 1.85. The van der Waals surface area contributed by atoms with Crippen LogP contribution in [0, 0.1) is 0 Å². The van der Waals surface area contributed by atoms with Gasteiger partial charge in [-0.25, -0.2) is 4.79 Å². The summed E-state index contributed by atoms with van der Waals surface area (Å²) in [6.07, 6.45) is 15.0. The minimum Gasteiger partial charge on any atom is -0.465 e. The van der Waals surface area contributed by atoms with Crippen LogP contribution in [0.5, 0.6) is 0 Å². The molecule has 0 aromatic heterocycles. The molecule has 1 atom stereocenters. The van der Waals surface area contributed by atoms with Crippen molar-refractivity contribution in [2.75, 3.05) is 20.1 Å². The van der Waals surface area contributed by atoms with Gasteiger partial charge < -0.3 is 15.2 Å². The number of aldehydes is 1. The molecule has 1 amide bonds. The van der Waals surface area contributed by atoms with Crippen molar-refractivity contribution in [3.05, 3.63) is 0 Å². The van der Waals surface area contributed by atoms with Crippen molar-refractivity contribution in [1.29, 1.82) is 0 Å². The molecule has 0 aromatic carbocycles. The molecule has 142 valence electrons. The standard InChI is InChI=1S/C19H38N2O3/c1-3-4-5-6-7-8-9-10-11-12-13-14-18(20-2)17-21(15-16-22)19(23)24/h16,18,20H,3-15,17H2,1-2H3,(H,23,24). The van der Waals surface area contributed by atoms with E-state index >= 15 is 0 Å². The highest BCUT2D eigenvalue weighted by Crippen LogP contribution is 2.12. The van der Waals surface area contributed by atoms with E-state index in [1.807, 2.05) is 7.05 Å². The first-order valence-corrected chi connectivity index (χ1v) is 9.74. The van der Waals surface area contributed by atoms with E-state index in [1.165, 1.54) is 69.1 Å². The molecule has 5 nitrogen and oxygen atoms in total. The van der Waals surface area contributed by atoms with Gasteiger partial charge in [-0.2, -0.15) is 0 Å². The van der Waals surface area contributed by atoms with Gasteiger partial charge in [0.25, 0.3) is 0 Å². The summed E-state index contributed by atoms with van der Waals surface area (Å²) in [5.74, 6) is 0. The summed E-state index contributed by atoms with van der Waals surface area (Å²) in [6, 6.07) is 0.125. The molecule has 2 N–H and O–H groups in total. The Morgan fingerprint density at radius 3 is 1.92 bits per heavy atom. The zero-order valence-electron chi connectivity index (χ0n) is 15.8. The van der Waals surface area contributed by atoms with Crippen molar-refractivity contribution < 1.29 is 14.7 Å². The first kappa shape index (κ1) is 22.9. The minimum absolute atomic E-state index is 0.0498. The predicted molar refractivity (Wildman–Crippen MR) is 99.6 cm³/mol. The van der Waals surface area contributed by atoms with Crippen molar-refractivity contribution in [2.24, 2.45) is 0 Å². The molecule has 0 bridgehead atoms. The van der Waals surface area contributed by atoms with E-state index in [1.54, 1.807) is 0 Å². The van der Waals surface area contributed by atoms with Crippen molar-refractivity contribution in [3.63, 3.8) is 0 Å². The number of carbonyl (C=O) groups is 2. The van der Waals surface area contributed by atoms with E-state index in [9.17, 15) is 9.59 Å². The number of rotatable bonds is 17. The average Bonchev–Trinajstić information content (AvgIpc) is 2.57. The van der Waals surface area contributed by atoms with Gasteiger partial charge in [0.2, 0.25) is 0 Å². The third-order valence-corrected chi connectivity index (χ3v) is 4.57. The molecule has 0 saturated heterocycles. The Kier molecular flexibility index (Phi) is 16.0. The van der Waals surface area contributed by atoms with Crippen LogP contribution < -0.4 is 5.32 Å². The van der Waals surface area contributed by atoms with Gasteiger partial charge >= 0.3 is 6.09 Å². The summed E-state index contributed by atoms with van der Waals surface area (Å²) in [4.78, 5) is 22.7. The summed E-state index contributed by atoms with van der Waals surface area (Å²) >= 11 is 0. The van der Waals surface area contributed by atoms with Crippen LogP contribution in [0.2, 0.25) is 0 Å². The zero-order valence-corrected chi connectivity index (χ0v) is 15.8. The van der Waals surface area contributed by atoms with Crippen LogP contribution in [-0.4, -0.2) is 48.6 Å². The molecule has 0 rings (SSSR count). The third kappa shape index (κ3) is 13.3. The van der Waals surface area contributed by atoms with E-state index in [2.05, 4.69) is 12.2 Å². The number of nitrogens with zero attached hydrogens (tertiary/aromatic N) is 1. The lowest BCUT2D eigenvalue weighted by Gasteiger charge is -2.23.